The molecule has 1 aromatic carbocycles. The quantitative estimate of drug-likeness (QED) is 0.518. The Labute approximate surface area is 117 Å². The minimum Gasteiger partial charge on any atom is -0.405 e. The van der Waals surface area contributed by atoms with Gasteiger partial charge in [0, 0.05) is 11.8 Å². The van der Waals surface area contributed by atoms with Crippen LogP contribution >= 0.6 is 0 Å². The number of hydrogen-bond acceptors (Lipinski definition) is 4. The Morgan fingerprint density at radius 1 is 1.14 bits per heavy atom. The lowest BCUT2D eigenvalue weighted by Crippen LogP contribution is -2.31. The van der Waals surface area contributed by atoms with Gasteiger partial charge in [-0.05, 0) is 18.2 Å². The predicted octanol–water partition coefficient (Wildman–Crippen LogP) is 2.67. The number of hydrogen-bond donors (Lipinski definition) is 2. The number of nitrogens with zero attached hydrogens (tertiary/aromatic N) is 1. The molecule has 8 heteroatoms. The molecule has 0 aliphatic rings. The van der Waals surface area contributed by atoms with E-state index in [4.69, 9.17) is 5.84 Å². The molecule has 0 fully saturated rings. The fourth-order valence-electron chi connectivity index (χ4n) is 1.86. The average Bonchev–Trinajstić information content (AvgIpc) is 2.42. The fraction of sp³-hybridized carbons (Fsp3) is 0.154. The molecule has 21 heavy (non-hydrogen) atoms. The lowest BCUT2D eigenvalue weighted by atomic mass is 10.0. The summed E-state index contributed by atoms with van der Waals surface area (Å²) in [7, 11) is 0. The zero-order chi connectivity index (χ0) is 15.5. The second-order valence-electron chi connectivity index (χ2n) is 4.06. The first-order valence-corrected chi connectivity index (χ1v) is 5.83. The van der Waals surface area contributed by atoms with Crippen molar-refractivity contribution in [3.63, 3.8) is 0 Å². The molecule has 0 saturated heterocycles. The average molecular weight is 301 g/mol. The minimum absolute atomic E-state index is 0.0231. The summed E-state index contributed by atoms with van der Waals surface area (Å²) < 4.78 is 54.9. The summed E-state index contributed by atoms with van der Waals surface area (Å²) in [5, 5.41) is 0. The van der Waals surface area contributed by atoms with Crippen LogP contribution in [0.15, 0.2) is 42.6 Å². The number of para-hydroxylation sites is 1. The van der Waals surface area contributed by atoms with Crippen LogP contribution in [0.3, 0.4) is 0 Å². The number of hydrazine groups is 1. The minimum atomic E-state index is -4.86. The Balaban J connectivity index is 2.46. The molecule has 2 aromatic rings. The monoisotopic (exact) mass is 301 g/mol. The van der Waals surface area contributed by atoms with Crippen LogP contribution in [0.5, 0.6) is 5.75 Å². The Morgan fingerprint density at radius 3 is 2.48 bits per heavy atom. The van der Waals surface area contributed by atoms with E-state index in [9.17, 15) is 17.6 Å². The highest BCUT2D eigenvalue weighted by atomic mass is 19.4. The van der Waals surface area contributed by atoms with Crippen LogP contribution in [-0.2, 0) is 0 Å². The van der Waals surface area contributed by atoms with Crippen molar-refractivity contribution >= 4 is 0 Å². The number of ether oxygens (including phenoxy) is 1. The summed E-state index contributed by atoms with van der Waals surface area (Å²) >= 11 is 0. The molecule has 2 rings (SSSR count). The molecule has 0 radical (unpaired) electrons. The molecule has 1 atom stereocenters. The van der Waals surface area contributed by atoms with E-state index in [0.29, 0.717) is 0 Å². The van der Waals surface area contributed by atoms with Crippen molar-refractivity contribution < 1.29 is 22.3 Å². The molecular weight excluding hydrogens is 290 g/mol. The smallest absolute Gasteiger partial charge is 0.405 e. The van der Waals surface area contributed by atoms with Crippen molar-refractivity contribution in [2.24, 2.45) is 5.84 Å². The number of nitrogens with two attached hydrogens (primary N) is 1. The summed E-state index contributed by atoms with van der Waals surface area (Å²) in [5.74, 6) is 4.18. The van der Waals surface area contributed by atoms with Crippen molar-refractivity contribution in [3.8, 4) is 5.75 Å². The molecule has 0 bridgehead atoms. The van der Waals surface area contributed by atoms with Crippen molar-refractivity contribution in [2.45, 2.75) is 12.4 Å². The molecule has 3 N–H and O–H groups in total. The van der Waals surface area contributed by atoms with Gasteiger partial charge < -0.3 is 4.74 Å². The van der Waals surface area contributed by atoms with Crippen molar-refractivity contribution in [2.75, 3.05) is 0 Å². The van der Waals surface area contributed by atoms with E-state index in [1.807, 2.05) is 0 Å². The van der Waals surface area contributed by atoms with Crippen LogP contribution in [0.1, 0.15) is 17.3 Å². The highest BCUT2D eigenvalue weighted by molar-refractivity contribution is 5.40. The van der Waals surface area contributed by atoms with Gasteiger partial charge in [-0.15, -0.1) is 13.2 Å². The standard InChI is InChI=1S/C13H11F4N3O/c14-9-5-3-7-19-12(9)11(20-18)8-4-1-2-6-10(8)21-13(15,16)17/h1-7,11,20H,18H2. The Morgan fingerprint density at radius 2 is 1.86 bits per heavy atom. The largest absolute Gasteiger partial charge is 0.573 e. The molecule has 0 aliphatic heterocycles. The van der Waals surface area contributed by atoms with Gasteiger partial charge in [-0.3, -0.25) is 10.8 Å². The Kier molecular flexibility index (Phi) is 4.39. The first kappa shape index (κ1) is 15.2. The first-order valence-electron chi connectivity index (χ1n) is 5.83. The number of pyridine rings is 1. The third-order valence-corrected chi connectivity index (χ3v) is 2.68. The van der Waals surface area contributed by atoms with Crippen molar-refractivity contribution in [1.82, 2.24) is 10.4 Å². The van der Waals surface area contributed by atoms with Gasteiger partial charge in [0.15, 0.2) is 0 Å². The van der Waals surface area contributed by atoms with Gasteiger partial charge in [-0.1, -0.05) is 18.2 Å². The van der Waals surface area contributed by atoms with Crippen LogP contribution < -0.4 is 16.0 Å². The van der Waals surface area contributed by atoms with Gasteiger partial charge in [0.05, 0.1) is 11.7 Å². The number of aromatic nitrogens is 1. The second-order valence-corrected chi connectivity index (χ2v) is 4.06. The zero-order valence-corrected chi connectivity index (χ0v) is 10.6. The van der Waals surface area contributed by atoms with Crippen molar-refractivity contribution in [3.05, 3.63) is 59.7 Å². The molecule has 112 valence electrons. The molecular formula is C13H11F4N3O. The number of halogens is 4. The topological polar surface area (TPSA) is 60.2 Å². The van der Waals surface area contributed by atoms with E-state index < -0.39 is 24.0 Å². The highest BCUT2D eigenvalue weighted by Crippen LogP contribution is 2.33. The maximum Gasteiger partial charge on any atom is 0.573 e. The molecule has 4 nitrogen and oxygen atoms in total. The lowest BCUT2D eigenvalue weighted by Gasteiger charge is -2.20. The fourth-order valence-corrected chi connectivity index (χ4v) is 1.86. The third kappa shape index (κ3) is 3.67. The third-order valence-electron chi connectivity index (χ3n) is 2.68. The predicted molar refractivity (Wildman–Crippen MR) is 66.5 cm³/mol. The normalized spacial score (nSPS) is 13.0. The van der Waals surface area contributed by atoms with Gasteiger partial charge in [0.2, 0.25) is 0 Å². The van der Waals surface area contributed by atoms with E-state index in [-0.39, 0.29) is 11.3 Å². The number of nitrogens with one attached hydrogen (secondary N) is 1. The van der Waals surface area contributed by atoms with E-state index >= 15 is 0 Å². The highest BCUT2D eigenvalue weighted by Gasteiger charge is 2.33. The van der Waals surface area contributed by atoms with E-state index in [2.05, 4.69) is 15.1 Å². The number of rotatable bonds is 4. The lowest BCUT2D eigenvalue weighted by molar-refractivity contribution is -0.275. The maximum atomic E-state index is 13.8. The summed E-state index contributed by atoms with van der Waals surface area (Å²) in [5.41, 5.74) is 2.15. The molecule has 0 amide bonds. The molecule has 1 aromatic heterocycles. The van der Waals surface area contributed by atoms with Crippen LogP contribution in [0.4, 0.5) is 17.6 Å². The van der Waals surface area contributed by atoms with Gasteiger partial charge >= 0.3 is 6.36 Å². The van der Waals surface area contributed by atoms with Gasteiger partial charge in [-0.25, -0.2) is 9.82 Å². The maximum absolute atomic E-state index is 13.8. The molecule has 1 unspecified atom stereocenters. The van der Waals surface area contributed by atoms with Gasteiger partial charge in [-0.2, -0.15) is 0 Å². The summed E-state index contributed by atoms with van der Waals surface area (Å²) in [4.78, 5) is 3.81. The summed E-state index contributed by atoms with van der Waals surface area (Å²) in [6.45, 7) is 0. The summed E-state index contributed by atoms with van der Waals surface area (Å²) in [6, 6.07) is 6.75. The first-order chi connectivity index (χ1) is 9.92. The number of benzene rings is 1. The molecule has 0 aliphatic carbocycles. The van der Waals surface area contributed by atoms with Gasteiger partial charge in [0.25, 0.3) is 0 Å². The molecule has 0 saturated carbocycles. The Hall–Kier alpha value is -2.19. The Bertz CT molecular complexity index is 618. The van der Waals surface area contributed by atoms with E-state index in [0.717, 1.165) is 12.1 Å². The van der Waals surface area contributed by atoms with Crippen LogP contribution in [-0.4, -0.2) is 11.3 Å². The molecule has 0 spiro atoms. The molecule has 1 heterocycles. The van der Waals surface area contributed by atoms with Crippen LogP contribution in [0, 0.1) is 5.82 Å². The summed E-state index contributed by atoms with van der Waals surface area (Å²) in [6.07, 6.45) is -3.55. The van der Waals surface area contributed by atoms with E-state index in [1.54, 1.807) is 0 Å². The SMILES string of the molecule is NNC(c1ccccc1OC(F)(F)F)c1ncccc1F. The van der Waals surface area contributed by atoms with Crippen LogP contribution in [0.25, 0.3) is 0 Å². The second kappa shape index (κ2) is 6.06. The van der Waals surface area contributed by atoms with Crippen LogP contribution in [0.2, 0.25) is 0 Å². The zero-order valence-electron chi connectivity index (χ0n) is 10.6. The van der Waals surface area contributed by atoms with Crippen molar-refractivity contribution in [1.29, 1.82) is 0 Å². The van der Waals surface area contributed by atoms with Gasteiger partial charge in [0.1, 0.15) is 11.6 Å². The number of alkyl halides is 3. The van der Waals surface area contributed by atoms with E-state index in [1.165, 1.54) is 30.5 Å².